The Labute approximate surface area is 59.9 Å². The Bertz CT molecular complexity index is 114. The van der Waals surface area contributed by atoms with Gasteiger partial charge in [0.2, 0.25) is 5.91 Å². The van der Waals surface area contributed by atoms with Crippen LogP contribution in [-0.2, 0) is 4.79 Å². The molecule has 4 heteroatoms. The third-order valence-corrected chi connectivity index (χ3v) is 1.17. The molecule has 0 aromatic heterocycles. The van der Waals surface area contributed by atoms with Crippen molar-refractivity contribution < 1.29 is 15.0 Å². The Balaban J connectivity index is 3.71. The topological polar surface area (TPSA) is 69.6 Å². The van der Waals surface area contributed by atoms with Crippen LogP contribution in [-0.4, -0.2) is 34.9 Å². The van der Waals surface area contributed by atoms with Gasteiger partial charge in [-0.05, 0) is 6.92 Å². The first-order valence-corrected chi connectivity index (χ1v) is 3.14. The number of hydrogen-bond donors (Lipinski definition) is 3. The van der Waals surface area contributed by atoms with Gasteiger partial charge in [-0.2, -0.15) is 0 Å². The zero-order valence-electron chi connectivity index (χ0n) is 6.16. The Kier molecular flexibility index (Phi) is 3.99. The smallest absolute Gasteiger partial charge is 0.217 e. The molecule has 1 amide bonds. The van der Waals surface area contributed by atoms with E-state index in [9.17, 15) is 4.79 Å². The van der Waals surface area contributed by atoms with Gasteiger partial charge in [-0.15, -0.1) is 0 Å². The number of carbonyl (C=O) groups is 1. The molecule has 0 aromatic rings. The van der Waals surface area contributed by atoms with Crippen LogP contribution >= 0.6 is 0 Å². The molecule has 0 unspecified atom stereocenters. The summed E-state index contributed by atoms with van der Waals surface area (Å²) in [7, 11) is 0. The van der Waals surface area contributed by atoms with Gasteiger partial charge in [-0.1, -0.05) is 0 Å². The summed E-state index contributed by atoms with van der Waals surface area (Å²) >= 11 is 0. The van der Waals surface area contributed by atoms with Crippen LogP contribution in [0.1, 0.15) is 13.8 Å². The molecule has 0 rings (SSSR count). The number of nitrogens with one attached hydrogen (secondary N) is 1. The van der Waals surface area contributed by atoms with E-state index >= 15 is 0 Å². The highest BCUT2D eigenvalue weighted by molar-refractivity contribution is 5.73. The second-order valence-electron chi connectivity index (χ2n) is 2.23. The van der Waals surface area contributed by atoms with Crippen LogP contribution < -0.4 is 5.32 Å². The molecule has 10 heavy (non-hydrogen) atoms. The van der Waals surface area contributed by atoms with E-state index in [0.29, 0.717) is 0 Å². The average Bonchev–Trinajstić information content (AvgIpc) is 1.81. The van der Waals surface area contributed by atoms with Gasteiger partial charge in [0.05, 0.1) is 18.8 Å². The zero-order chi connectivity index (χ0) is 8.15. The van der Waals surface area contributed by atoms with Crippen molar-refractivity contribution in [1.29, 1.82) is 0 Å². The van der Waals surface area contributed by atoms with Gasteiger partial charge in [-0.3, -0.25) is 4.79 Å². The molecule has 3 N–H and O–H groups in total. The lowest BCUT2D eigenvalue weighted by Gasteiger charge is -2.17. The number of carbonyl (C=O) groups excluding carboxylic acids is 1. The van der Waals surface area contributed by atoms with E-state index in [1.54, 1.807) is 0 Å². The fourth-order valence-electron chi connectivity index (χ4n) is 0.580. The van der Waals surface area contributed by atoms with Gasteiger partial charge in [-0.25, -0.2) is 0 Å². The highest BCUT2D eigenvalue weighted by atomic mass is 16.3. The quantitative estimate of drug-likeness (QED) is 0.473. The van der Waals surface area contributed by atoms with Crippen molar-refractivity contribution >= 4 is 5.91 Å². The Hall–Kier alpha value is -0.610. The summed E-state index contributed by atoms with van der Waals surface area (Å²) in [4.78, 5) is 10.4. The molecule has 0 aliphatic rings. The molecule has 4 nitrogen and oxygen atoms in total. The van der Waals surface area contributed by atoms with Gasteiger partial charge in [0.15, 0.2) is 0 Å². The zero-order valence-corrected chi connectivity index (χ0v) is 6.16. The van der Waals surface area contributed by atoms with Crippen LogP contribution in [0.2, 0.25) is 0 Å². The maximum atomic E-state index is 10.4. The molecule has 0 heterocycles. The van der Waals surface area contributed by atoms with Crippen molar-refractivity contribution in [3.63, 3.8) is 0 Å². The minimum atomic E-state index is -0.714. The summed E-state index contributed by atoms with van der Waals surface area (Å²) in [6, 6.07) is -0.544. The molecule has 0 saturated heterocycles. The van der Waals surface area contributed by atoms with E-state index in [0.717, 1.165) is 0 Å². The van der Waals surface area contributed by atoms with Crippen LogP contribution in [0.25, 0.3) is 0 Å². The third kappa shape index (κ3) is 3.42. The normalized spacial score (nSPS) is 16.0. The molecule has 0 aliphatic heterocycles. The van der Waals surface area contributed by atoms with E-state index in [4.69, 9.17) is 10.2 Å². The monoisotopic (exact) mass is 147 g/mol. The number of hydrogen-bond acceptors (Lipinski definition) is 3. The van der Waals surface area contributed by atoms with Crippen molar-refractivity contribution in [2.24, 2.45) is 0 Å². The van der Waals surface area contributed by atoms with Gasteiger partial charge in [0, 0.05) is 6.92 Å². The molecule has 0 spiro atoms. The third-order valence-electron chi connectivity index (χ3n) is 1.17. The van der Waals surface area contributed by atoms with Crippen molar-refractivity contribution in [2.45, 2.75) is 26.0 Å². The predicted molar refractivity (Wildman–Crippen MR) is 36.4 cm³/mol. The second kappa shape index (κ2) is 4.24. The number of rotatable bonds is 3. The molecule has 0 aliphatic carbocycles. The lowest BCUT2D eigenvalue weighted by Crippen LogP contribution is -2.43. The van der Waals surface area contributed by atoms with Gasteiger partial charge in [0.25, 0.3) is 0 Å². The number of aliphatic hydroxyl groups excluding tert-OH is 2. The minimum Gasteiger partial charge on any atom is -0.394 e. The minimum absolute atomic E-state index is 0.239. The van der Waals surface area contributed by atoms with E-state index < -0.39 is 12.1 Å². The van der Waals surface area contributed by atoms with E-state index in [1.165, 1.54) is 13.8 Å². The maximum absolute atomic E-state index is 10.4. The SMILES string of the molecule is CC(=O)N[C@@H](CO)[C@H](C)O. The summed E-state index contributed by atoms with van der Waals surface area (Å²) in [6.07, 6.45) is -0.714. The van der Waals surface area contributed by atoms with Gasteiger partial charge < -0.3 is 15.5 Å². The van der Waals surface area contributed by atoms with Crippen molar-refractivity contribution in [2.75, 3.05) is 6.61 Å². The Morgan fingerprint density at radius 3 is 2.30 bits per heavy atom. The highest BCUT2D eigenvalue weighted by Crippen LogP contribution is 1.89. The summed E-state index contributed by atoms with van der Waals surface area (Å²) in [5, 5.41) is 19.8. The van der Waals surface area contributed by atoms with E-state index in [-0.39, 0.29) is 12.5 Å². The van der Waals surface area contributed by atoms with Crippen LogP contribution in [0.3, 0.4) is 0 Å². The molecule has 60 valence electrons. The highest BCUT2D eigenvalue weighted by Gasteiger charge is 2.13. The standard InChI is InChI=1S/C6H13NO3/c1-4(9)6(3-8)7-5(2)10/h4,6,8-9H,3H2,1-2H3,(H,7,10)/t4-,6-/m0/s1. The van der Waals surface area contributed by atoms with E-state index in [1.807, 2.05) is 0 Å². The number of amides is 1. The van der Waals surface area contributed by atoms with Crippen LogP contribution in [0.4, 0.5) is 0 Å². The molecule has 0 aromatic carbocycles. The molecule has 0 radical (unpaired) electrons. The number of aliphatic hydroxyl groups is 2. The van der Waals surface area contributed by atoms with Crippen molar-refractivity contribution in [3.05, 3.63) is 0 Å². The first-order valence-electron chi connectivity index (χ1n) is 3.14. The van der Waals surface area contributed by atoms with Crippen molar-refractivity contribution in [1.82, 2.24) is 5.32 Å². The van der Waals surface area contributed by atoms with Crippen LogP contribution in [0, 0.1) is 0 Å². The lowest BCUT2D eigenvalue weighted by atomic mass is 10.2. The molecule has 2 atom stereocenters. The predicted octanol–water partition coefficient (Wildman–Crippen LogP) is -1.14. The summed E-state index contributed by atoms with van der Waals surface area (Å²) in [6.45, 7) is 2.61. The molecule has 0 bridgehead atoms. The Morgan fingerprint density at radius 1 is 1.70 bits per heavy atom. The first-order chi connectivity index (χ1) is 4.57. The van der Waals surface area contributed by atoms with E-state index in [2.05, 4.69) is 5.32 Å². The lowest BCUT2D eigenvalue weighted by molar-refractivity contribution is -0.120. The van der Waals surface area contributed by atoms with Crippen molar-refractivity contribution in [3.8, 4) is 0 Å². The fraction of sp³-hybridized carbons (Fsp3) is 0.833. The molecule has 0 fully saturated rings. The molecular weight excluding hydrogens is 134 g/mol. The molecule has 0 saturated carbocycles. The fourth-order valence-corrected chi connectivity index (χ4v) is 0.580. The summed E-state index contributed by atoms with van der Waals surface area (Å²) in [5.74, 6) is -0.250. The average molecular weight is 147 g/mol. The van der Waals surface area contributed by atoms with Gasteiger partial charge >= 0.3 is 0 Å². The van der Waals surface area contributed by atoms with Crippen LogP contribution in [0.15, 0.2) is 0 Å². The first kappa shape index (κ1) is 9.39. The summed E-state index contributed by atoms with van der Waals surface area (Å²) < 4.78 is 0. The Morgan fingerprint density at radius 2 is 2.20 bits per heavy atom. The summed E-state index contributed by atoms with van der Waals surface area (Å²) in [5.41, 5.74) is 0. The largest absolute Gasteiger partial charge is 0.394 e. The maximum Gasteiger partial charge on any atom is 0.217 e. The molecular formula is C6H13NO3. The van der Waals surface area contributed by atoms with Crippen LogP contribution in [0.5, 0.6) is 0 Å². The second-order valence-corrected chi connectivity index (χ2v) is 2.23. The van der Waals surface area contributed by atoms with Gasteiger partial charge in [0.1, 0.15) is 0 Å².